The molecule has 284 valence electrons. The molecule has 56 heavy (non-hydrogen) atoms. The first-order valence-electron chi connectivity index (χ1n) is 19.2. The number of fused-ring (bicyclic) bond motifs is 3. The molecule has 8 rings (SSSR count). The van der Waals surface area contributed by atoms with Gasteiger partial charge in [-0.25, -0.2) is 12.2 Å². The summed E-state index contributed by atoms with van der Waals surface area (Å²) in [4.78, 5) is 0. The molecule has 0 saturated carbocycles. The third-order valence-electron chi connectivity index (χ3n) is 9.93. The zero-order valence-electron chi connectivity index (χ0n) is 33.6. The molecule has 3 heteroatoms. The summed E-state index contributed by atoms with van der Waals surface area (Å²) in [5.74, 6) is 0. The summed E-state index contributed by atoms with van der Waals surface area (Å²) in [7, 11) is 0. The van der Waals surface area contributed by atoms with Gasteiger partial charge >= 0.3 is 112 Å². The van der Waals surface area contributed by atoms with Crippen molar-refractivity contribution < 1.29 is 49.0 Å². The van der Waals surface area contributed by atoms with Crippen molar-refractivity contribution in [2.45, 2.75) is 78.1 Å². The average Bonchev–Trinajstić information content (AvgIpc) is 3.87. The van der Waals surface area contributed by atoms with Gasteiger partial charge in [-0.05, 0) is 39.5 Å². The van der Waals surface area contributed by atoms with Gasteiger partial charge in [-0.3, -0.25) is 6.08 Å². The van der Waals surface area contributed by atoms with Crippen molar-refractivity contribution in [2.75, 3.05) is 0 Å². The number of hydrogen-bond donors (Lipinski definition) is 0. The van der Waals surface area contributed by atoms with E-state index in [4.69, 9.17) is 0 Å². The Hall–Kier alpha value is -3.87. The summed E-state index contributed by atoms with van der Waals surface area (Å²) in [6, 6.07) is 54.2. The first kappa shape index (κ1) is 44.8. The summed E-state index contributed by atoms with van der Waals surface area (Å²) in [5, 5.41) is 0. The molecule has 0 fully saturated rings. The number of rotatable bonds is 6. The molecule has 6 aromatic rings. The normalized spacial score (nSPS) is 12.1. The van der Waals surface area contributed by atoms with Gasteiger partial charge in [-0.1, -0.05) is 131 Å². The van der Waals surface area contributed by atoms with Gasteiger partial charge in [-0.15, -0.1) is 35.2 Å². The van der Waals surface area contributed by atoms with Crippen LogP contribution in [0.25, 0.3) is 33.4 Å². The fourth-order valence-corrected chi connectivity index (χ4v) is 8.19. The minimum absolute atomic E-state index is 0. The number of benzene rings is 6. The van der Waals surface area contributed by atoms with Crippen molar-refractivity contribution in [3.63, 3.8) is 0 Å². The van der Waals surface area contributed by atoms with Crippen LogP contribution in [0.5, 0.6) is 0 Å². The molecule has 0 radical (unpaired) electrons. The summed E-state index contributed by atoms with van der Waals surface area (Å²) in [6.07, 6.45) is 13.2. The first-order valence-corrected chi connectivity index (χ1v) is 20.4. The molecule has 0 unspecified atom stereocenters. The maximum absolute atomic E-state index is 3.88. The number of allylic oxidation sites excluding steroid dienone is 4. The van der Waals surface area contributed by atoms with Crippen LogP contribution in [0.4, 0.5) is 0 Å². The van der Waals surface area contributed by atoms with E-state index in [-0.39, 0.29) is 35.6 Å². The van der Waals surface area contributed by atoms with Crippen LogP contribution in [0.2, 0.25) is 0 Å². The van der Waals surface area contributed by atoms with E-state index in [0.29, 0.717) is 0 Å². The Morgan fingerprint density at radius 2 is 1.05 bits per heavy atom. The first-order chi connectivity index (χ1) is 26.0. The summed E-state index contributed by atoms with van der Waals surface area (Å²) in [5.41, 5.74) is 16.3. The predicted octanol–water partition coefficient (Wildman–Crippen LogP) is 7.49. The van der Waals surface area contributed by atoms with Crippen LogP contribution in [0.3, 0.4) is 0 Å². The predicted molar refractivity (Wildman–Crippen MR) is 229 cm³/mol. The van der Waals surface area contributed by atoms with Crippen molar-refractivity contribution in [3.8, 4) is 33.4 Å². The van der Waals surface area contributed by atoms with E-state index < -0.39 is 0 Å². The molecule has 0 saturated heterocycles. The zero-order chi connectivity index (χ0) is 38.1. The second-order valence-corrected chi connectivity index (χ2v) is 18.1. The second-order valence-electron chi connectivity index (χ2n) is 16.3. The van der Waals surface area contributed by atoms with E-state index in [0.717, 1.165) is 25.7 Å². The molecule has 0 amide bonds. The Balaban J connectivity index is 0.000000252. The molecule has 2 aliphatic rings. The van der Waals surface area contributed by atoms with Gasteiger partial charge in [-0.2, -0.15) is 6.08 Å². The molecule has 0 heterocycles. The van der Waals surface area contributed by atoms with Crippen LogP contribution in [0, 0.1) is 12.1 Å². The van der Waals surface area contributed by atoms with Crippen LogP contribution in [-0.2, 0) is 54.3 Å². The van der Waals surface area contributed by atoms with Crippen molar-refractivity contribution in [1.29, 1.82) is 0 Å². The zero-order valence-corrected chi connectivity index (χ0v) is 37.6. The molecule has 0 nitrogen and oxygen atoms in total. The molecular formula is C53H52Cl2Zr-2. The van der Waals surface area contributed by atoms with Crippen LogP contribution >= 0.6 is 0 Å². The monoisotopic (exact) mass is 848 g/mol. The molecule has 0 atom stereocenters. The number of hydrogen-bond acceptors (Lipinski definition) is 0. The van der Waals surface area contributed by atoms with E-state index in [1.807, 2.05) is 12.2 Å². The molecule has 6 aromatic carbocycles. The van der Waals surface area contributed by atoms with E-state index in [9.17, 15) is 0 Å². The third-order valence-corrected chi connectivity index (χ3v) is 10.8. The van der Waals surface area contributed by atoms with Gasteiger partial charge in [0.1, 0.15) is 0 Å². The SMILES string of the molecule is CC(C)(C)c1cc2c([c-]c1-c1ccccc1)Cc1cc(-c3ccccc3)c(C(C)(C)C)cc1-2.[C-]1=CC=CC1.[Cl-].[Cl-].[Zr+2]=[C](Cc1ccccc1)Cc1ccccc1. The summed E-state index contributed by atoms with van der Waals surface area (Å²) < 4.78 is 1.60. The molecule has 0 N–H and O–H groups in total. The minimum atomic E-state index is 0. The molecule has 0 aliphatic heterocycles. The van der Waals surface area contributed by atoms with E-state index in [1.165, 1.54) is 66.8 Å². The third kappa shape index (κ3) is 11.8. The van der Waals surface area contributed by atoms with Gasteiger partial charge in [0.2, 0.25) is 0 Å². The average molecular weight is 851 g/mol. The van der Waals surface area contributed by atoms with Crippen molar-refractivity contribution in [3.05, 3.63) is 203 Å². The van der Waals surface area contributed by atoms with E-state index in [2.05, 4.69) is 199 Å². The van der Waals surface area contributed by atoms with Crippen LogP contribution in [-0.4, -0.2) is 3.21 Å². The fourth-order valence-electron chi connectivity index (χ4n) is 7.19. The quantitative estimate of drug-likeness (QED) is 0.152. The summed E-state index contributed by atoms with van der Waals surface area (Å²) >= 11 is 1.55. The topological polar surface area (TPSA) is 0 Å². The van der Waals surface area contributed by atoms with Gasteiger partial charge in [0.25, 0.3) is 0 Å². The fraction of sp³-hybridized carbons (Fsp3) is 0.226. The van der Waals surface area contributed by atoms with Crippen LogP contribution in [0.1, 0.15) is 81.3 Å². The van der Waals surface area contributed by atoms with Crippen molar-refractivity contribution in [2.24, 2.45) is 0 Å². The van der Waals surface area contributed by atoms with Gasteiger partial charge < -0.3 is 24.8 Å². The Kier molecular flexibility index (Phi) is 16.4. The second kappa shape index (κ2) is 20.5. The Morgan fingerprint density at radius 3 is 1.50 bits per heavy atom. The van der Waals surface area contributed by atoms with Crippen molar-refractivity contribution in [1.82, 2.24) is 0 Å². The van der Waals surface area contributed by atoms with Crippen LogP contribution < -0.4 is 24.8 Å². The van der Waals surface area contributed by atoms with Gasteiger partial charge in [0.05, 0.1) is 0 Å². The van der Waals surface area contributed by atoms with E-state index in [1.54, 1.807) is 27.4 Å². The Morgan fingerprint density at radius 1 is 0.571 bits per heavy atom. The summed E-state index contributed by atoms with van der Waals surface area (Å²) in [6.45, 7) is 13.9. The molecule has 0 bridgehead atoms. The van der Waals surface area contributed by atoms with E-state index >= 15 is 0 Å². The maximum atomic E-state index is 3.88. The van der Waals surface area contributed by atoms with Crippen molar-refractivity contribution >= 4 is 3.21 Å². The number of halogens is 2. The molecule has 2 aliphatic carbocycles. The molecule has 0 aromatic heterocycles. The van der Waals surface area contributed by atoms with Crippen LogP contribution in [0.15, 0.2) is 158 Å². The Labute approximate surface area is 364 Å². The van der Waals surface area contributed by atoms with Gasteiger partial charge in [0, 0.05) is 0 Å². The standard InChI is InChI=1S/C33H33.C15H14.C5H5.2ClH.Zr/c1-32(2,3)30-20-26-24(18-28(30)22-13-9-7-10-14-22)17-25-19-29(23-15-11-8-12-16-23)31(21-27(25)26)33(4,5)6;1-3-8-14(9-4-1)12-7-13-15-10-5-2-6-11-15;1-2-4-5-3-1;;;/h7-16,18,20-21H,17H2,1-6H3;1-6,8-11H,12-13H2;1-3H,4H2;2*1H;/q-1;;-1;;;+2/p-2. The van der Waals surface area contributed by atoms with Gasteiger partial charge in [0.15, 0.2) is 0 Å². The molecular weight excluding hydrogens is 799 g/mol. The molecule has 0 spiro atoms. The Bertz CT molecular complexity index is 2060.